The van der Waals surface area contributed by atoms with Crippen molar-refractivity contribution in [3.8, 4) is 34.1 Å². The molecule has 0 amide bonds. The van der Waals surface area contributed by atoms with Crippen molar-refractivity contribution in [2.75, 3.05) is 14.2 Å². The second kappa shape index (κ2) is 11.6. The molecule has 41 heavy (non-hydrogen) atoms. The summed E-state index contributed by atoms with van der Waals surface area (Å²) in [5.41, 5.74) is 2.94. The predicted octanol–water partition coefficient (Wildman–Crippen LogP) is 5.98. The Labute approximate surface area is 237 Å². The lowest BCUT2D eigenvalue weighted by atomic mass is 10.0. The average Bonchev–Trinajstić information content (AvgIpc) is 2.98. The number of fused-ring (bicyclic) bond motifs is 1. The molecule has 3 aromatic heterocycles. The Kier molecular flexibility index (Phi) is 7.78. The van der Waals surface area contributed by atoms with Crippen LogP contribution in [-0.2, 0) is 6.42 Å². The Hall–Kier alpha value is -5.05. The minimum atomic E-state index is -0.402. The van der Waals surface area contributed by atoms with Crippen LogP contribution in [0.15, 0.2) is 78.0 Å². The summed E-state index contributed by atoms with van der Waals surface area (Å²) in [6.07, 6.45) is 4.81. The molecule has 0 saturated carbocycles. The van der Waals surface area contributed by atoms with Gasteiger partial charge in [-0.2, -0.15) is 5.10 Å². The third-order valence-electron chi connectivity index (χ3n) is 6.67. The zero-order chi connectivity index (χ0) is 29.1. The van der Waals surface area contributed by atoms with E-state index in [9.17, 15) is 9.59 Å². The molecule has 0 unspecified atom stereocenters. The van der Waals surface area contributed by atoms with Crippen LogP contribution in [0.3, 0.4) is 0 Å². The number of carbonyl (C=O) groups is 1. The third kappa shape index (κ3) is 5.79. The molecule has 9 heteroatoms. The molecule has 0 fully saturated rings. The maximum absolute atomic E-state index is 13.4. The fraction of sp³-hybridized carbons (Fsp3) is 0.219. The number of aromatic nitrogens is 4. The molecule has 0 aliphatic rings. The number of benzene rings is 2. The van der Waals surface area contributed by atoms with E-state index in [1.807, 2.05) is 45.0 Å². The van der Waals surface area contributed by atoms with E-state index >= 15 is 0 Å². The molecule has 0 aliphatic carbocycles. The van der Waals surface area contributed by atoms with Crippen LogP contribution in [0.25, 0.3) is 22.0 Å². The Morgan fingerprint density at radius 3 is 2.32 bits per heavy atom. The van der Waals surface area contributed by atoms with Gasteiger partial charge in [0.2, 0.25) is 5.43 Å². The van der Waals surface area contributed by atoms with E-state index in [1.165, 1.54) is 6.20 Å². The van der Waals surface area contributed by atoms with Crippen molar-refractivity contribution in [2.24, 2.45) is 0 Å². The summed E-state index contributed by atoms with van der Waals surface area (Å²) in [6.45, 7) is 5.88. The predicted molar refractivity (Wildman–Crippen MR) is 156 cm³/mol. The van der Waals surface area contributed by atoms with E-state index in [4.69, 9.17) is 14.2 Å². The molecular weight excluding hydrogens is 520 g/mol. The van der Waals surface area contributed by atoms with Crippen molar-refractivity contribution in [2.45, 2.75) is 33.2 Å². The summed E-state index contributed by atoms with van der Waals surface area (Å²) >= 11 is 0. The summed E-state index contributed by atoms with van der Waals surface area (Å²) < 4.78 is 18.5. The molecular formula is C32H30N4O5. The van der Waals surface area contributed by atoms with Crippen molar-refractivity contribution in [1.82, 2.24) is 19.7 Å². The summed E-state index contributed by atoms with van der Waals surface area (Å²) in [5.74, 6) is 1.76. The topological polar surface area (TPSA) is 105 Å². The second-order valence-corrected chi connectivity index (χ2v) is 9.88. The van der Waals surface area contributed by atoms with E-state index in [-0.39, 0.29) is 18.2 Å². The number of nitrogens with zero attached hydrogens (tertiary/aromatic N) is 4. The highest BCUT2D eigenvalue weighted by atomic mass is 16.5. The first-order chi connectivity index (χ1) is 19.8. The van der Waals surface area contributed by atoms with Crippen LogP contribution in [0.2, 0.25) is 0 Å². The van der Waals surface area contributed by atoms with Gasteiger partial charge >= 0.3 is 0 Å². The number of methoxy groups -OCH3 is 2. The van der Waals surface area contributed by atoms with E-state index < -0.39 is 11.2 Å². The van der Waals surface area contributed by atoms with Gasteiger partial charge in [-0.1, -0.05) is 29.8 Å². The van der Waals surface area contributed by atoms with Gasteiger partial charge in [-0.3, -0.25) is 24.2 Å². The van der Waals surface area contributed by atoms with Crippen LogP contribution in [0.4, 0.5) is 0 Å². The van der Waals surface area contributed by atoms with Crippen molar-refractivity contribution in [1.29, 1.82) is 0 Å². The third-order valence-corrected chi connectivity index (χ3v) is 6.67. The van der Waals surface area contributed by atoms with Crippen molar-refractivity contribution in [3.05, 3.63) is 100 Å². The summed E-state index contributed by atoms with van der Waals surface area (Å²) in [5, 5.41) is 5.12. The standard InChI is InChI=1S/C32H30N4O5/c1-19(2)36-18-25(21-8-6-20(3)7-9-21)32(38)31(35-36)27(37)14-22-10-11-23(17-34-22)41-28-12-13-33-26-16-30(40-5)29(39-4)15-24(26)28/h6-13,15-19H,14H2,1-5H3. The molecule has 208 valence electrons. The quantitative estimate of drug-likeness (QED) is 0.207. The van der Waals surface area contributed by atoms with Gasteiger partial charge in [0.1, 0.15) is 11.5 Å². The molecule has 0 radical (unpaired) electrons. The Morgan fingerprint density at radius 2 is 1.66 bits per heavy atom. The molecule has 3 heterocycles. The number of hydrogen-bond acceptors (Lipinski definition) is 8. The smallest absolute Gasteiger partial charge is 0.219 e. The lowest BCUT2D eigenvalue weighted by Crippen LogP contribution is -2.25. The summed E-state index contributed by atoms with van der Waals surface area (Å²) in [7, 11) is 3.13. The van der Waals surface area contributed by atoms with Gasteiger partial charge in [-0.15, -0.1) is 0 Å². The van der Waals surface area contributed by atoms with Gasteiger partial charge in [0.25, 0.3) is 0 Å². The fourth-order valence-corrected chi connectivity index (χ4v) is 4.38. The molecule has 0 aliphatic heterocycles. The number of hydrogen-bond donors (Lipinski definition) is 0. The molecule has 5 aromatic rings. The van der Waals surface area contributed by atoms with Crippen LogP contribution in [0.5, 0.6) is 23.0 Å². The van der Waals surface area contributed by atoms with Crippen LogP contribution in [-0.4, -0.2) is 39.8 Å². The normalized spacial score (nSPS) is 11.1. The summed E-state index contributed by atoms with van der Waals surface area (Å²) in [6, 6.07) is 16.4. The first kappa shape index (κ1) is 27.5. The van der Waals surface area contributed by atoms with E-state index in [1.54, 1.807) is 61.6 Å². The highest BCUT2D eigenvalue weighted by molar-refractivity contribution is 5.96. The highest BCUT2D eigenvalue weighted by Crippen LogP contribution is 2.36. The van der Waals surface area contributed by atoms with Crippen LogP contribution >= 0.6 is 0 Å². The van der Waals surface area contributed by atoms with Gasteiger partial charge in [0, 0.05) is 41.1 Å². The number of ether oxygens (including phenoxy) is 3. The molecule has 0 bridgehead atoms. The second-order valence-electron chi connectivity index (χ2n) is 9.88. The van der Waals surface area contributed by atoms with E-state index in [0.29, 0.717) is 39.8 Å². The largest absolute Gasteiger partial charge is 0.493 e. The molecule has 2 aromatic carbocycles. The maximum Gasteiger partial charge on any atom is 0.219 e. The van der Waals surface area contributed by atoms with Gasteiger partial charge in [0.15, 0.2) is 23.0 Å². The minimum Gasteiger partial charge on any atom is -0.493 e. The first-order valence-electron chi connectivity index (χ1n) is 13.1. The number of ketones is 1. The zero-order valence-corrected chi connectivity index (χ0v) is 23.5. The Bertz CT molecular complexity index is 1780. The number of Topliss-reactive ketones (excluding diaryl/α,β-unsaturated/α-hetero) is 1. The number of carbonyl (C=O) groups excluding carboxylic acids is 1. The van der Waals surface area contributed by atoms with Gasteiger partial charge in [0.05, 0.1) is 32.4 Å². The molecule has 0 N–H and O–H groups in total. The average molecular weight is 551 g/mol. The van der Waals surface area contributed by atoms with Crippen LogP contribution in [0.1, 0.15) is 41.6 Å². The number of pyridine rings is 2. The van der Waals surface area contributed by atoms with Gasteiger partial charge in [-0.05, 0) is 50.6 Å². The fourth-order valence-electron chi connectivity index (χ4n) is 4.38. The summed E-state index contributed by atoms with van der Waals surface area (Å²) in [4.78, 5) is 35.5. The van der Waals surface area contributed by atoms with Crippen molar-refractivity contribution in [3.63, 3.8) is 0 Å². The molecule has 5 rings (SSSR count). The minimum absolute atomic E-state index is 0.0359. The lowest BCUT2D eigenvalue weighted by molar-refractivity contribution is 0.0983. The SMILES string of the molecule is COc1cc2nccc(Oc3ccc(CC(=O)c4nn(C(C)C)cc(-c5ccc(C)cc5)c4=O)nc3)c2cc1OC. The lowest BCUT2D eigenvalue weighted by Gasteiger charge is -2.14. The van der Waals surface area contributed by atoms with E-state index in [2.05, 4.69) is 15.1 Å². The van der Waals surface area contributed by atoms with Gasteiger partial charge < -0.3 is 14.2 Å². The van der Waals surface area contributed by atoms with E-state index in [0.717, 1.165) is 16.5 Å². The van der Waals surface area contributed by atoms with Crippen LogP contribution in [0, 0.1) is 6.92 Å². The zero-order valence-electron chi connectivity index (χ0n) is 23.5. The Morgan fingerprint density at radius 1 is 0.927 bits per heavy atom. The molecule has 0 atom stereocenters. The first-order valence-corrected chi connectivity index (χ1v) is 13.1. The number of rotatable bonds is 9. The highest BCUT2D eigenvalue weighted by Gasteiger charge is 2.20. The monoisotopic (exact) mass is 550 g/mol. The molecule has 0 saturated heterocycles. The van der Waals surface area contributed by atoms with Crippen molar-refractivity contribution < 1.29 is 19.0 Å². The molecule has 0 spiro atoms. The molecule has 9 nitrogen and oxygen atoms in total. The van der Waals surface area contributed by atoms with Gasteiger partial charge in [-0.25, -0.2) is 0 Å². The van der Waals surface area contributed by atoms with Crippen LogP contribution < -0.4 is 19.6 Å². The number of aryl methyl sites for hydroxylation is 1. The Balaban J connectivity index is 1.39. The van der Waals surface area contributed by atoms with Crippen molar-refractivity contribution >= 4 is 16.7 Å². The maximum atomic E-state index is 13.4.